The van der Waals surface area contributed by atoms with Gasteiger partial charge >= 0.3 is 0 Å². The number of aryl methyl sites for hydroxylation is 2. The van der Waals surface area contributed by atoms with E-state index in [9.17, 15) is 4.79 Å². The van der Waals surface area contributed by atoms with Crippen molar-refractivity contribution in [1.82, 2.24) is 15.4 Å². The molecule has 1 aliphatic carbocycles. The largest absolute Gasteiger partial charge is 0.363 e. The van der Waals surface area contributed by atoms with Crippen LogP contribution in [0.2, 0.25) is 0 Å². The van der Waals surface area contributed by atoms with Crippen LogP contribution >= 0.6 is 0 Å². The molecular formula is C18H27N3O3. The second-order valence-corrected chi connectivity index (χ2v) is 7.51. The number of ether oxygens (including phenoxy) is 1. The van der Waals surface area contributed by atoms with E-state index < -0.39 is 0 Å². The Morgan fingerprint density at radius 1 is 1.25 bits per heavy atom. The molecule has 0 unspecified atom stereocenters. The summed E-state index contributed by atoms with van der Waals surface area (Å²) in [5, 5.41) is 7.18. The fourth-order valence-electron chi connectivity index (χ4n) is 4.18. The summed E-state index contributed by atoms with van der Waals surface area (Å²) in [6, 6.07) is 0.796. The lowest BCUT2D eigenvalue weighted by Gasteiger charge is -2.36. The summed E-state index contributed by atoms with van der Waals surface area (Å²) in [6.07, 6.45) is 6.24. The van der Waals surface area contributed by atoms with Crippen molar-refractivity contribution in [3.63, 3.8) is 0 Å². The van der Waals surface area contributed by atoms with Crippen LogP contribution in [0, 0.1) is 13.8 Å². The summed E-state index contributed by atoms with van der Waals surface area (Å²) in [5.74, 6) is 1.01. The Labute approximate surface area is 142 Å². The molecule has 0 aromatic carbocycles. The van der Waals surface area contributed by atoms with Crippen molar-refractivity contribution in [1.29, 1.82) is 0 Å². The van der Waals surface area contributed by atoms with Crippen molar-refractivity contribution in [2.24, 2.45) is 0 Å². The molecule has 132 valence electrons. The molecule has 24 heavy (non-hydrogen) atoms. The van der Waals surface area contributed by atoms with Gasteiger partial charge in [0.1, 0.15) is 11.9 Å². The minimum absolute atomic E-state index is 0.0994. The number of fused-ring (bicyclic) bond motifs is 1. The molecule has 2 saturated heterocycles. The highest BCUT2D eigenvalue weighted by molar-refractivity contribution is 5.81. The van der Waals surface area contributed by atoms with Crippen molar-refractivity contribution < 1.29 is 14.1 Å². The van der Waals surface area contributed by atoms with Gasteiger partial charge in [0.25, 0.3) is 0 Å². The van der Waals surface area contributed by atoms with Gasteiger partial charge < -0.3 is 14.6 Å². The summed E-state index contributed by atoms with van der Waals surface area (Å²) in [5.41, 5.74) is 2.17. The molecule has 4 rings (SSSR count). The fraction of sp³-hybridized carbons (Fsp3) is 0.778. The van der Waals surface area contributed by atoms with Crippen molar-refractivity contribution in [2.75, 3.05) is 6.54 Å². The normalized spacial score (nSPS) is 30.8. The molecule has 3 fully saturated rings. The average molecular weight is 333 g/mol. The number of nitrogens with one attached hydrogen (secondary N) is 1. The fourth-order valence-corrected chi connectivity index (χ4v) is 4.18. The van der Waals surface area contributed by atoms with Crippen molar-refractivity contribution in [2.45, 2.75) is 83.2 Å². The number of carbonyl (C=O) groups excluding carboxylic acids is 1. The Balaban J connectivity index is 1.35. The SMILES string of the molecule is Cc1noc(C)c1CN1CC[C@@H]2O[C@@H](C(=O)NC3CCC3)CC[C@@H]21. The summed E-state index contributed by atoms with van der Waals surface area (Å²) in [7, 11) is 0. The summed E-state index contributed by atoms with van der Waals surface area (Å²) in [4.78, 5) is 14.8. The molecule has 2 aliphatic heterocycles. The molecule has 1 saturated carbocycles. The van der Waals surface area contributed by atoms with Gasteiger partial charge in [0.15, 0.2) is 0 Å². The molecule has 0 bridgehead atoms. The first-order chi connectivity index (χ1) is 11.6. The van der Waals surface area contributed by atoms with Gasteiger partial charge in [-0.25, -0.2) is 0 Å². The van der Waals surface area contributed by atoms with Crippen molar-refractivity contribution in [3.8, 4) is 0 Å². The Morgan fingerprint density at radius 3 is 2.75 bits per heavy atom. The van der Waals surface area contributed by atoms with Crippen molar-refractivity contribution >= 4 is 5.91 Å². The van der Waals surface area contributed by atoms with Crippen LogP contribution in [0.3, 0.4) is 0 Å². The van der Waals surface area contributed by atoms with E-state index in [4.69, 9.17) is 9.26 Å². The van der Waals surface area contributed by atoms with E-state index in [0.29, 0.717) is 12.1 Å². The van der Waals surface area contributed by atoms with Crippen molar-refractivity contribution in [3.05, 3.63) is 17.0 Å². The predicted molar refractivity (Wildman–Crippen MR) is 88.5 cm³/mol. The average Bonchev–Trinajstić information content (AvgIpc) is 3.08. The Morgan fingerprint density at radius 2 is 2.08 bits per heavy atom. The third-order valence-corrected chi connectivity index (χ3v) is 5.95. The van der Waals surface area contributed by atoms with Gasteiger partial charge in [-0.3, -0.25) is 9.69 Å². The van der Waals surface area contributed by atoms with E-state index in [1.165, 1.54) is 12.0 Å². The highest BCUT2D eigenvalue weighted by Gasteiger charge is 2.42. The highest BCUT2D eigenvalue weighted by Crippen LogP contribution is 2.33. The molecule has 1 amide bonds. The molecule has 6 nitrogen and oxygen atoms in total. The summed E-state index contributed by atoms with van der Waals surface area (Å²) in [6.45, 7) is 5.85. The maximum atomic E-state index is 12.3. The lowest BCUT2D eigenvalue weighted by Crippen LogP contribution is -2.50. The zero-order chi connectivity index (χ0) is 16.7. The zero-order valence-corrected chi connectivity index (χ0v) is 14.6. The molecule has 6 heteroatoms. The first-order valence-electron chi connectivity index (χ1n) is 9.23. The van der Waals surface area contributed by atoms with Gasteiger partial charge in [-0.15, -0.1) is 0 Å². The number of likely N-dealkylation sites (tertiary alicyclic amines) is 1. The standard InChI is InChI=1S/C18H27N3O3/c1-11-14(12(2)24-20-11)10-21-9-8-16-15(21)6-7-17(23-16)18(22)19-13-4-3-5-13/h13,15-17H,3-10H2,1-2H3,(H,19,22)/t15-,16-,17+/m0/s1. The van der Waals surface area contributed by atoms with E-state index in [0.717, 1.165) is 56.6 Å². The Hall–Kier alpha value is -1.40. The molecule has 1 N–H and O–H groups in total. The molecule has 0 radical (unpaired) electrons. The van der Waals surface area contributed by atoms with E-state index in [1.807, 2.05) is 13.8 Å². The third-order valence-electron chi connectivity index (χ3n) is 5.95. The maximum Gasteiger partial charge on any atom is 0.249 e. The smallest absolute Gasteiger partial charge is 0.249 e. The number of rotatable bonds is 4. The van der Waals surface area contributed by atoms with E-state index in [1.54, 1.807) is 0 Å². The number of amides is 1. The second kappa shape index (κ2) is 6.48. The van der Waals surface area contributed by atoms with E-state index >= 15 is 0 Å². The third kappa shape index (κ3) is 2.97. The lowest BCUT2D eigenvalue weighted by molar-refractivity contribution is -0.145. The van der Waals surface area contributed by atoms with E-state index in [-0.39, 0.29) is 18.1 Å². The molecule has 3 atom stereocenters. The predicted octanol–water partition coefficient (Wildman–Crippen LogP) is 2.08. The summed E-state index contributed by atoms with van der Waals surface area (Å²) < 4.78 is 11.4. The number of hydrogen-bond donors (Lipinski definition) is 1. The zero-order valence-electron chi connectivity index (χ0n) is 14.6. The van der Waals surface area contributed by atoms with Gasteiger partial charge in [0.05, 0.1) is 11.8 Å². The van der Waals surface area contributed by atoms with Crippen LogP contribution < -0.4 is 5.32 Å². The highest BCUT2D eigenvalue weighted by atomic mass is 16.5. The first-order valence-corrected chi connectivity index (χ1v) is 9.23. The molecular weight excluding hydrogens is 306 g/mol. The first kappa shape index (κ1) is 16.1. The quantitative estimate of drug-likeness (QED) is 0.914. The van der Waals surface area contributed by atoms with Gasteiger partial charge in [0.2, 0.25) is 5.91 Å². The molecule has 3 aliphatic rings. The Kier molecular flexibility index (Phi) is 4.35. The van der Waals surface area contributed by atoms with Crippen LogP contribution in [0.5, 0.6) is 0 Å². The van der Waals surface area contributed by atoms with E-state index in [2.05, 4.69) is 15.4 Å². The van der Waals surface area contributed by atoms with Crippen LogP contribution in [0.1, 0.15) is 55.5 Å². The van der Waals surface area contributed by atoms with Crippen LogP contribution in [-0.2, 0) is 16.1 Å². The van der Waals surface area contributed by atoms with Crippen LogP contribution in [0.15, 0.2) is 4.52 Å². The topological polar surface area (TPSA) is 67.6 Å². The lowest BCUT2D eigenvalue weighted by atomic mass is 9.92. The number of carbonyl (C=O) groups is 1. The molecule has 1 aromatic heterocycles. The van der Waals surface area contributed by atoms with Gasteiger partial charge in [-0.1, -0.05) is 5.16 Å². The molecule has 3 heterocycles. The number of aromatic nitrogens is 1. The second-order valence-electron chi connectivity index (χ2n) is 7.51. The van der Waals surface area contributed by atoms with Gasteiger partial charge in [0, 0.05) is 30.7 Å². The monoisotopic (exact) mass is 333 g/mol. The minimum atomic E-state index is -0.258. The Bertz CT molecular complexity index is 591. The molecule has 1 aromatic rings. The van der Waals surface area contributed by atoms with Gasteiger partial charge in [-0.05, 0) is 52.4 Å². The molecule has 0 spiro atoms. The number of nitrogens with zero attached hydrogens (tertiary/aromatic N) is 2. The maximum absolute atomic E-state index is 12.3. The minimum Gasteiger partial charge on any atom is -0.363 e. The van der Waals surface area contributed by atoms with Crippen LogP contribution in [0.4, 0.5) is 0 Å². The van der Waals surface area contributed by atoms with Crippen LogP contribution in [0.25, 0.3) is 0 Å². The van der Waals surface area contributed by atoms with Crippen LogP contribution in [-0.4, -0.2) is 46.8 Å². The summed E-state index contributed by atoms with van der Waals surface area (Å²) >= 11 is 0. The number of hydrogen-bond acceptors (Lipinski definition) is 5. The van der Waals surface area contributed by atoms with Gasteiger partial charge in [-0.2, -0.15) is 0 Å².